The minimum Gasteiger partial charge on any atom is -0.451 e. The van der Waals surface area contributed by atoms with Crippen molar-refractivity contribution in [1.82, 2.24) is 5.43 Å². The molecule has 1 fully saturated rings. The number of rotatable bonds is 4. The number of hydrogen-bond acceptors (Lipinski definition) is 5. The van der Waals surface area contributed by atoms with Gasteiger partial charge < -0.3 is 14.1 Å². The molecule has 1 saturated heterocycles. The number of morpholine rings is 1. The van der Waals surface area contributed by atoms with E-state index < -0.39 is 0 Å². The average molecular weight is 428 g/mol. The molecule has 0 atom stereocenters. The lowest BCUT2D eigenvalue weighted by Gasteiger charge is -2.28. The van der Waals surface area contributed by atoms with Crippen molar-refractivity contribution in [2.75, 3.05) is 31.2 Å². The minimum atomic E-state index is -0.386. The van der Waals surface area contributed by atoms with Gasteiger partial charge in [0.05, 0.1) is 19.4 Å². The summed E-state index contributed by atoms with van der Waals surface area (Å²) in [5, 5.41) is 4.88. The number of amides is 1. The van der Waals surface area contributed by atoms with E-state index in [1.165, 1.54) is 0 Å². The van der Waals surface area contributed by atoms with Crippen molar-refractivity contribution in [3.63, 3.8) is 0 Å². The number of ether oxygens (including phenoxy) is 1. The van der Waals surface area contributed by atoms with Gasteiger partial charge in [0, 0.05) is 28.6 Å². The first-order valence-electron chi connectivity index (χ1n) is 8.64. The van der Waals surface area contributed by atoms with E-state index in [1.807, 2.05) is 42.5 Å². The molecule has 0 aliphatic carbocycles. The molecule has 1 aliphatic rings. The summed E-state index contributed by atoms with van der Waals surface area (Å²) in [6.45, 7) is 3.32. The van der Waals surface area contributed by atoms with E-state index in [0.29, 0.717) is 5.58 Å². The summed E-state index contributed by atoms with van der Waals surface area (Å²) in [6, 6.07) is 15.3. The maximum atomic E-state index is 12.2. The second-order valence-corrected chi connectivity index (χ2v) is 7.10. The topological polar surface area (TPSA) is 67.1 Å². The lowest BCUT2D eigenvalue weighted by atomic mass is 10.2. The molecule has 1 amide bonds. The lowest BCUT2D eigenvalue weighted by molar-refractivity contribution is 0.0929. The summed E-state index contributed by atoms with van der Waals surface area (Å²) in [6.07, 6.45) is 1.61. The predicted octanol–water partition coefficient (Wildman–Crippen LogP) is 3.80. The molecule has 3 aromatic rings. The minimum absolute atomic E-state index is 0.225. The van der Waals surface area contributed by atoms with Gasteiger partial charge in [0.2, 0.25) is 0 Å². The van der Waals surface area contributed by atoms with Crippen molar-refractivity contribution in [2.45, 2.75) is 0 Å². The van der Waals surface area contributed by atoms with Gasteiger partial charge in [-0.2, -0.15) is 5.10 Å². The predicted molar refractivity (Wildman–Crippen MR) is 108 cm³/mol. The molecule has 2 heterocycles. The first-order valence-corrected chi connectivity index (χ1v) is 9.43. The van der Waals surface area contributed by atoms with E-state index >= 15 is 0 Å². The Morgan fingerprint density at radius 2 is 1.89 bits per heavy atom. The zero-order chi connectivity index (χ0) is 18.6. The number of hydrazone groups is 1. The molecule has 0 unspecified atom stereocenters. The first-order chi connectivity index (χ1) is 13.2. The number of furan rings is 1. The van der Waals surface area contributed by atoms with Crippen LogP contribution < -0.4 is 10.3 Å². The van der Waals surface area contributed by atoms with E-state index in [1.54, 1.807) is 12.3 Å². The molecule has 0 bridgehead atoms. The van der Waals surface area contributed by atoms with Crippen LogP contribution in [0, 0.1) is 0 Å². The average Bonchev–Trinajstić information content (AvgIpc) is 3.12. The molecule has 138 valence electrons. The Kier molecular flexibility index (Phi) is 5.22. The van der Waals surface area contributed by atoms with Crippen LogP contribution in [0.5, 0.6) is 0 Å². The zero-order valence-electron chi connectivity index (χ0n) is 14.5. The molecule has 0 saturated carbocycles. The van der Waals surface area contributed by atoms with E-state index in [0.717, 1.165) is 47.4 Å². The second kappa shape index (κ2) is 7.94. The fraction of sp³-hybridized carbons (Fsp3) is 0.200. The molecule has 0 radical (unpaired) electrons. The van der Waals surface area contributed by atoms with E-state index in [-0.39, 0.29) is 11.7 Å². The smallest absolute Gasteiger partial charge is 0.307 e. The summed E-state index contributed by atoms with van der Waals surface area (Å²) in [7, 11) is 0. The number of nitrogens with zero attached hydrogens (tertiary/aromatic N) is 2. The van der Waals surface area contributed by atoms with Crippen molar-refractivity contribution in [1.29, 1.82) is 0 Å². The summed E-state index contributed by atoms with van der Waals surface area (Å²) < 4.78 is 11.8. The van der Waals surface area contributed by atoms with Crippen LogP contribution in [-0.2, 0) is 4.74 Å². The van der Waals surface area contributed by atoms with Crippen LogP contribution in [0.4, 0.5) is 5.69 Å². The molecule has 27 heavy (non-hydrogen) atoms. The number of nitrogens with one attached hydrogen (secondary N) is 1. The fourth-order valence-electron chi connectivity index (χ4n) is 2.94. The largest absolute Gasteiger partial charge is 0.451 e. The molecule has 0 spiro atoms. The van der Waals surface area contributed by atoms with Gasteiger partial charge >= 0.3 is 5.91 Å². The maximum Gasteiger partial charge on any atom is 0.307 e. The van der Waals surface area contributed by atoms with E-state index in [2.05, 4.69) is 31.4 Å². The van der Waals surface area contributed by atoms with Crippen LogP contribution in [-0.4, -0.2) is 38.4 Å². The van der Waals surface area contributed by atoms with Gasteiger partial charge in [-0.15, -0.1) is 0 Å². The third-order valence-corrected chi connectivity index (χ3v) is 4.84. The summed E-state index contributed by atoms with van der Waals surface area (Å²) in [5.74, 6) is -0.161. The zero-order valence-corrected chi connectivity index (χ0v) is 16.1. The van der Waals surface area contributed by atoms with Crippen LogP contribution in [0.3, 0.4) is 0 Å². The molecule has 1 N–H and O–H groups in total. The highest BCUT2D eigenvalue weighted by molar-refractivity contribution is 9.10. The highest BCUT2D eigenvalue weighted by Crippen LogP contribution is 2.23. The van der Waals surface area contributed by atoms with Crippen LogP contribution >= 0.6 is 15.9 Å². The van der Waals surface area contributed by atoms with Crippen molar-refractivity contribution >= 4 is 44.7 Å². The summed E-state index contributed by atoms with van der Waals surface area (Å²) in [4.78, 5) is 14.5. The Morgan fingerprint density at radius 3 is 2.67 bits per heavy atom. The van der Waals surface area contributed by atoms with Crippen LogP contribution in [0.2, 0.25) is 0 Å². The number of benzene rings is 2. The SMILES string of the molecule is O=C(N/N=C/c1ccc(N2CCOCC2)cc1)c1cc2cc(Br)ccc2o1. The van der Waals surface area contributed by atoms with Crippen molar-refractivity contribution < 1.29 is 13.9 Å². The number of halogens is 1. The van der Waals surface area contributed by atoms with Crippen molar-refractivity contribution in [3.8, 4) is 0 Å². The van der Waals surface area contributed by atoms with Gasteiger partial charge in [0.1, 0.15) is 5.58 Å². The third kappa shape index (κ3) is 4.20. The maximum absolute atomic E-state index is 12.2. The Bertz CT molecular complexity index is 976. The monoisotopic (exact) mass is 427 g/mol. The highest BCUT2D eigenvalue weighted by Gasteiger charge is 2.12. The number of carbonyl (C=O) groups is 1. The highest BCUT2D eigenvalue weighted by atomic mass is 79.9. The Balaban J connectivity index is 1.38. The van der Waals surface area contributed by atoms with Crippen molar-refractivity contribution in [3.05, 3.63) is 64.3 Å². The second-order valence-electron chi connectivity index (χ2n) is 6.18. The standard InChI is InChI=1S/C20H18BrN3O3/c21-16-3-6-18-15(11-16)12-19(27-18)20(25)23-22-13-14-1-4-17(5-2-14)24-7-9-26-10-8-24/h1-6,11-13H,7-10H2,(H,23,25)/b22-13+. The third-order valence-electron chi connectivity index (χ3n) is 4.35. The van der Waals surface area contributed by atoms with Gasteiger partial charge in [0.15, 0.2) is 5.76 Å². The molecule has 7 heteroatoms. The van der Waals surface area contributed by atoms with Crippen LogP contribution in [0.15, 0.2) is 62.5 Å². The van der Waals surface area contributed by atoms with Gasteiger partial charge in [-0.3, -0.25) is 4.79 Å². The number of anilines is 1. The van der Waals surface area contributed by atoms with E-state index in [4.69, 9.17) is 9.15 Å². The van der Waals surface area contributed by atoms with Gasteiger partial charge in [-0.1, -0.05) is 28.1 Å². The van der Waals surface area contributed by atoms with Crippen LogP contribution in [0.1, 0.15) is 16.1 Å². The number of carbonyl (C=O) groups excluding carboxylic acids is 1. The summed E-state index contributed by atoms with van der Waals surface area (Å²) in [5.41, 5.74) is 5.22. The lowest BCUT2D eigenvalue weighted by Crippen LogP contribution is -2.36. The molecule has 6 nitrogen and oxygen atoms in total. The van der Waals surface area contributed by atoms with Gasteiger partial charge in [-0.25, -0.2) is 5.43 Å². The fourth-order valence-corrected chi connectivity index (χ4v) is 3.32. The summed E-state index contributed by atoms with van der Waals surface area (Å²) >= 11 is 3.40. The Hall–Kier alpha value is -2.64. The quantitative estimate of drug-likeness (QED) is 0.507. The first kappa shape index (κ1) is 17.8. The van der Waals surface area contributed by atoms with Crippen LogP contribution in [0.25, 0.3) is 11.0 Å². The Labute approximate surface area is 164 Å². The molecular formula is C20H18BrN3O3. The normalized spacial score (nSPS) is 14.8. The van der Waals surface area contributed by atoms with Crippen molar-refractivity contribution in [2.24, 2.45) is 5.10 Å². The molecule has 1 aromatic heterocycles. The molecule has 4 rings (SSSR count). The number of fused-ring (bicyclic) bond motifs is 1. The molecule has 1 aliphatic heterocycles. The number of hydrogen-bond donors (Lipinski definition) is 1. The molecular weight excluding hydrogens is 410 g/mol. The van der Waals surface area contributed by atoms with E-state index in [9.17, 15) is 4.79 Å². The molecule has 2 aromatic carbocycles. The Morgan fingerprint density at radius 1 is 1.11 bits per heavy atom. The van der Waals surface area contributed by atoms with Gasteiger partial charge in [0.25, 0.3) is 0 Å². The van der Waals surface area contributed by atoms with Gasteiger partial charge in [-0.05, 0) is 42.0 Å².